The molecule has 0 aliphatic carbocycles. The summed E-state index contributed by atoms with van der Waals surface area (Å²) in [6, 6.07) is 16.2. The number of likely N-dealkylation sites (N-methyl/N-ethyl adjacent to an activating group) is 1. The van der Waals surface area contributed by atoms with Crippen LogP contribution in [0.15, 0.2) is 53.9 Å². The van der Waals surface area contributed by atoms with Gasteiger partial charge >= 0.3 is 0 Å². The van der Waals surface area contributed by atoms with Crippen LogP contribution in [0.4, 0.5) is 5.69 Å². The van der Waals surface area contributed by atoms with Gasteiger partial charge in [0.05, 0.1) is 12.7 Å². The van der Waals surface area contributed by atoms with Gasteiger partial charge in [-0.1, -0.05) is 23.7 Å². The number of likely N-dealkylation sites (tertiary alicyclic amines) is 1. The Morgan fingerprint density at radius 3 is 2.89 bits per heavy atom. The molecule has 146 valence electrons. The summed E-state index contributed by atoms with van der Waals surface area (Å²) in [6.45, 7) is 2.22. The molecule has 3 aromatic rings. The van der Waals surface area contributed by atoms with Crippen molar-refractivity contribution in [2.24, 2.45) is 0 Å². The lowest BCUT2D eigenvalue weighted by Crippen LogP contribution is -2.45. The number of hydrogen-bond donors (Lipinski definition) is 1. The summed E-state index contributed by atoms with van der Waals surface area (Å²) < 4.78 is 1.30. The maximum absolute atomic E-state index is 13.0. The molecule has 0 bridgehead atoms. The normalized spacial score (nSPS) is 17.1. The Balaban J connectivity index is 1.36. The summed E-state index contributed by atoms with van der Waals surface area (Å²) in [6.07, 6.45) is 1.96. The average molecular weight is 414 g/mol. The highest BCUT2D eigenvalue weighted by Gasteiger charge is 2.32. The lowest BCUT2D eigenvalue weighted by Gasteiger charge is -2.28. The first-order valence-corrected chi connectivity index (χ1v) is 10.8. The minimum Gasteiger partial charge on any atom is -0.372 e. The van der Waals surface area contributed by atoms with Gasteiger partial charge in [0, 0.05) is 35.5 Å². The van der Waals surface area contributed by atoms with Crippen molar-refractivity contribution >= 4 is 44.6 Å². The minimum atomic E-state index is -0.0605. The molecule has 0 spiro atoms. The molecule has 1 aromatic heterocycles. The molecule has 1 aliphatic heterocycles. The number of halogens is 1. The van der Waals surface area contributed by atoms with E-state index in [1.165, 1.54) is 10.1 Å². The molecule has 2 aromatic carbocycles. The second kappa shape index (κ2) is 8.52. The molecule has 28 heavy (non-hydrogen) atoms. The van der Waals surface area contributed by atoms with E-state index in [2.05, 4.69) is 39.9 Å². The predicted octanol–water partition coefficient (Wildman–Crippen LogP) is 5.05. The van der Waals surface area contributed by atoms with Crippen molar-refractivity contribution in [3.63, 3.8) is 0 Å². The number of rotatable bonds is 6. The number of amides is 1. The van der Waals surface area contributed by atoms with E-state index < -0.39 is 0 Å². The van der Waals surface area contributed by atoms with Crippen LogP contribution in [0, 0.1) is 0 Å². The molecule has 1 amide bonds. The van der Waals surface area contributed by atoms with Crippen molar-refractivity contribution in [1.82, 2.24) is 9.80 Å². The Kier molecular flexibility index (Phi) is 5.85. The Morgan fingerprint density at radius 2 is 2.07 bits per heavy atom. The maximum atomic E-state index is 13.0. The van der Waals surface area contributed by atoms with Crippen LogP contribution in [0.3, 0.4) is 0 Å². The van der Waals surface area contributed by atoms with Crippen LogP contribution in [0.25, 0.3) is 10.1 Å². The van der Waals surface area contributed by atoms with Crippen LogP contribution in [0.2, 0.25) is 5.02 Å². The van der Waals surface area contributed by atoms with E-state index in [0.29, 0.717) is 18.2 Å². The molecule has 1 atom stereocenters. The van der Waals surface area contributed by atoms with Gasteiger partial charge in [-0.2, -0.15) is 0 Å². The van der Waals surface area contributed by atoms with Crippen molar-refractivity contribution in [3.05, 3.63) is 64.5 Å². The van der Waals surface area contributed by atoms with Crippen LogP contribution in [0.5, 0.6) is 0 Å². The fourth-order valence-corrected chi connectivity index (χ4v) is 4.66. The van der Waals surface area contributed by atoms with Crippen molar-refractivity contribution in [1.29, 1.82) is 0 Å². The highest BCUT2D eigenvalue weighted by atomic mass is 35.5. The summed E-state index contributed by atoms with van der Waals surface area (Å²) in [4.78, 5) is 17.1. The topological polar surface area (TPSA) is 35.6 Å². The minimum absolute atomic E-state index is 0.0605. The van der Waals surface area contributed by atoms with Crippen molar-refractivity contribution < 1.29 is 4.79 Å². The van der Waals surface area contributed by atoms with Gasteiger partial charge in [-0.3, -0.25) is 9.69 Å². The molecular formula is C22H24ClN3OS. The molecule has 1 N–H and O–H groups in total. The molecule has 4 nitrogen and oxygen atoms in total. The number of nitrogens with one attached hydrogen (secondary N) is 1. The second-order valence-electron chi connectivity index (χ2n) is 7.30. The van der Waals surface area contributed by atoms with Gasteiger partial charge in [0.15, 0.2) is 0 Å². The average Bonchev–Trinajstić information content (AvgIpc) is 3.36. The zero-order valence-electron chi connectivity index (χ0n) is 15.9. The number of fused-ring (bicyclic) bond motifs is 1. The Hall–Kier alpha value is -2.08. The van der Waals surface area contributed by atoms with Crippen molar-refractivity contribution in [3.8, 4) is 0 Å². The molecule has 6 heteroatoms. The first-order valence-electron chi connectivity index (χ1n) is 9.55. The number of carbonyl (C=O) groups excluding carboxylic acids is 1. The quantitative estimate of drug-likeness (QED) is 0.614. The summed E-state index contributed by atoms with van der Waals surface area (Å²) in [5.74, 6) is 0.183. The molecular weight excluding hydrogens is 390 g/mol. The number of hydrogen-bond acceptors (Lipinski definition) is 4. The molecule has 0 unspecified atom stereocenters. The maximum Gasteiger partial charge on any atom is 0.240 e. The Bertz CT molecular complexity index is 956. The SMILES string of the molecule is CN(Cc1ccc(Cl)cc1)C(=O)[C@H]1CCCN1CNc1ccc2sccc2c1. The summed E-state index contributed by atoms with van der Waals surface area (Å²) in [5.41, 5.74) is 2.19. The second-order valence-corrected chi connectivity index (χ2v) is 8.68. The van der Waals surface area contributed by atoms with E-state index in [0.717, 1.165) is 30.6 Å². The standard InChI is InChI=1S/C22H24ClN3OS/c1-25(14-16-4-6-18(23)7-5-16)22(27)20-3-2-11-26(20)15-24-19-8-9-21-17(13-19)10-12-28-21/h4-10,12-13,20,24H,2-3,11,14-15H2,1H3/t20-/m1/s1. The molecule has 1 fully saturated rings. The number of nitrogens with zero attached hydrogens (tertiary/aromatic N) is 2. The summed E-state index contributed by atoms with van der Waals surface area (Å²) in [7, 11) is 1.88. The van der Waals surface area contributed by atoms with Crippen LogP contribution in [-0.2, 0) is 11.3 Å². The molecule has 0 saturated carbocycles. The lowest BCUT2D eigenvalue weighted by atomic mass is 10.1. The van der Waals surface area contributed by atoms with Crippen LogP contribution < -0.4 is 5.32 Å². The van der Waals surface area contributed by atoms with Crippen molar-refractivity contribution in [2.75, 3.05) is 25.6 Å². The van der Waals surface area contributed by atoms with Gasteiger partial charge < -0.3 is 10.2 Å². The number of benzene rings is 2. The fraction of sp³-hybridized carbons (Fsp3) is 0.318. The van der Waals surface area contributed by atoms with Crippen LogP contribution in [-0.4, -0.2) is 42.0 Å². The van der Waals surface area contributed by atoms with E-state index in [4.69, 9.17) is 11.6 Å². The third-order valence-electron chi connectivity index (χ3n) is 5.30. The predicted molar refractivity (Wildman–Crippen MR) is 118 cm³/mol. The number of thiophene rings is 1. The fourth-order valence-electron chi connectivity index (χ4n) is 3.76. The Labute approximate surface area is 174 Å². The summed E-state index contributed by atoms with van der Waals surface area (Å²) in [5, 5.41) is 7.58. The zero-order valence-corrected chi connectivity index (χ0v) is 17.5. The summed E-state index contributed by atoms with van der Waals surface area (Å²) >= 11 is 7.70. The van der Waals surface area contributed by atoms with E-state index in [-0.39, 0.29) is 11.9 Å². The van der Waals surface area contributed by atoms with E-state index in [1.807, 2.05) is 36.2 Å². The van der Waals surface area contributed by atoms with Crippen LogP contribution in [0.1, 0.15) is 18.4 Å². The molecule has 2 heterocycles. The molecule has 0 radical (unpaired) electrons. The Morgan fingerprint density at radius 1 is 1.25 bits per heavy atom. The number of carbonyl (C=O) groups is 1. The molecule has 1 aliphatic rings. The molecule has 4 rings (SSSR count). The smallest absolute Gasteiger partial charge is 0.240 e. The van der Waals surface area contributed by atoms with Crippen LogP contribution >= 0.6 is 22.9 Å². The van der Waals surface area contributed by atoms with Gasteiger partial charge in [0.2, 0.25) is 5.91 Å². The molecule has 1 saturated heterocycles. The van der Waals surface area contributed by atoms with E-state index >= 15 is 0 Å². The third kappa shape index (κ3) is 4.32. The van der Waals surface area contributed by atoms with Gasteiger partial charge in [-0.15, -0.1) is 11.3 Å². The number of anilines is 1. The highest BCUT2D eigenvalue weighted by molar-refractivity contribution is 7.17. The first-order chi connectivity index (χ1) is 13.6. The highest BCUT2D eigenvalue weighted by Crippen LogP contribution is 2.25. The van der Waals surface area contributed by atoms with Gasteiger partial charge in [0.25, 0.3) is 0 Å². The third-order valence-corrected chi connectivity index (χ3v) is 6.45. The van der Waals surface area contributed by atoms with E-state index in [1.54, 1.807) is 11.3 Å². The van der Waals surface area contributed by atoms with Gasteiger partial charge in [0.1, 0.15) is 0 Å². The van der Waals surface area contributed by atoms with Crippen molar-refractivity contribution in [2.45, 2.75) is 25.4 Å². The first kappa shape index (κ1) is 19.2. The zero-order chi connectivity index (χ0) is 19.5. The largest absolute Gasteiger partial charge is 0.372 e. The van der Waals surface area contributed by atoms with Gasteiger partial charge in [-0.25, -0.2) is 0 Å². The monoisotopic (exact) mass is 413 g/mol. The lowest BCUT2D eigenvalue weighted by molar-refractivity contribution is -0.135. The van der Waals surface area contributed by atoms with Gasteiger partial charge in [-0.05, 0) is 65.6 Å². The van der Waals surface area contributed by atoms with E-state index in [9.17, 15) is 4.79 Å².